The third-order valence-corrected chi connectivity index (χ3v) is 2.74. The lowest BCUT2D eigenvalue weighted by Gasteiger charge is -2.04. The van der Waals surface area contributed by atoms with Gasteiger partial charge in [0.05, 0.1) is 29.0 Å². The van der Waals surface area contributed by atoms with Gasteiger partial charge >= 0.3 is 0 Å². The predicted octanol–water partition coefficient (Wildman–Crippen LogP) is 2.90. The maximum Gasteiger partial charge on any atom is 0.0991 e. The van der Waals surface area contributed by atoms with E-state index in [0.717, 1.165) is 16.6 Å². The maximum atomic E-state index is 8.85. The van der Waals surface area contributed by atoms with Gasteiger partial charge in [-0.25, -0.2) is 0 Å². The van der Waals surface area contributed by atoms with Crippen LogP contribution in [-0.2, 0) is 0 Å². The van der Waals surface area contributed by atoms with Crippen molar-refractivity contribution in [2.45, 2.75) is 0 Å². The van der Waals surface area contributed by atoms with Gasteiger partial charge in [0.15, 0.2) is 0 Å². The Morgan fingerprint density at radius 1 is 1.18 bits per heavy atom. The second-order valence-electron chi connectivity index (χ2n) is 3.78. The Morgan fingerprint density at radius 2 is 2.12 bits per heavy atom. The molecule has 3 heteroatoms. The summed E-state index contributed by atoms with van der Waals surface area (Å²) in [5, 5.41) is 9.92. The van der Waals surface area contributed by atoms with Crippen LogP contribution in [0.2, 0.25) is 0 Å². The first-order chi connectivity index (χ1) is 8.38. The number of benzene rings is 1. The summed E-state index contributed by atoms with van der Waals surface area (Å²) < 4.78 is 2.06. The molecule has 2 aromatic heterocycles. The van der Waals surface area contributed by atoms with Crippen LogP contribution in [0.4, 0.5) is 0 Å². The highest BCUT2D eigenvalue weighted by Crippen LogP contribution is 2.20. The van der Waals surface area contributed by atoms with Gasteiger partial charge in [-0.3, -0.25) is 4.98 Å². The molecule has 0 atom stereocenters. The highest BCUT2D eigenvalue weighted by Gasteiger charge is 2.03. The van der Waals surface area contributed by atoms with Crippen molar-refractivity contribution in [3.8, 4) is 11.8 Å². The number of hydrogen-bond acceptors (Lipinski definition) is 2. The zero-order valence-corrected chi connectivity index (χ0v) is 9.04. The van der Waals surface area contributed by atoms with Gasteiger partial charge in [-0.2, -0.15) is 5.26 Å². The summed E-state index contributed by atoms with van der Waals surface area (Å²) in [5.41, 5.74) is 2.78. The van der Waals surface area contributed by atoms with Gasteiger partial charge in [-0.15, -0.1) is 0 Å². The lowest BCUT2D eigenvalue weighted by molar-refractivity contribution is 1.10. The van der Waals surface area contributed by atoms with Crippen LogP contribution in [-0.4, -0.2) is 9.55 Å². The van der Waals surface area contributed by atoms with Crippen molar-refractivity contribution < 1.29 is 0 Å². The van der Waals surface area contributed by atoms with Gasteiger partial charge in [-0.05, 0) is 36.4 Å². The van der Waals surface area contributed by atoms with E-state index >= 15 is 0 Å². The molecule has 0 radical (unpaired) electrons. The minimum absolute atomic E-state index is 0.682. The van der Waals surface area contributed by atoms with Crippen molar-refractivity contribution in [3.05, 3.63) is 60.6 Å². The highest BCUT2D eigenvalue weighted by atomic mass is 15.0. The molecule has 0 aliphatic rings. The molecule has 3 aromatic rings. The third-order valence-electron chi connectivity index (χ3n) is 2.74. The molecule has 3 rings (SSSR count). The second-order valence-corrected chi connectivity index (χ2v) is 3.78. The largest absolute Gasteiger partial charge is 0.315 e. The van der Waals surface area contributed by atoms with Crippen molar-refractivity contribution in [2.75, 3.05) is 0 Å². The Hall–Kier alpha value is -2.60. The van der Waals surface area contributed by atoms with E-state index in [1.54, 1.807) is 6.20 Å². The normalized spacial score (nSPS) is 10.3. The Bertz CT molecular complexity index is 705. The maximum absolute atomic E-state index is 8.85. The minimum Gasteiger partial charge on any atom is -0.315 e. The van der Waals surface area contributed by atoms with Crippen LogP contribution in [0.25, 0.3) is 16.6 Å². The molecule has 0 aliphatic carbocycles. The van der Waals surface area contributed by atoms with Crippen molar-refractivity contribution in [3.63, 3.8) is 0 Å². The molecule has 3 nitrogen and oxygen atoms in total. The molecule has 0 N–H and O–H groups in total. The van der Waals surface area contributed by atoms with E-state index in [1.165, 1.54) is 0 Å². The Balaban J connectivity index is 2.23. The molecule has 0 unspecified atom stereocenters. The van der Waals surface area contributed by atoms with E-state index in [0.29, 0.717) is 5.56 Å². The standard InChI is InChI=1S/C14H9N3/c15-9-11-3-4-14-12(8-11)5-7-17(14)13-2-1-6-16-10-13/h1-8,10H. The highest BCUT2D eigenvalue weighted by molar-refractivity contribution is 5.83. The van der Waals surface area contributed by atoms with E-state index in [-0.39, 0.29) is 0 Å². The number of rotatable bonds is 1. The summed E-state index contributed by atoms with van der Waals surface area (Å²) in [6.07, 6.45) is 5.56. The summed E-state index contributed by atoms with van der Waals surface area (Å²) in [7, 11) is 0. The van der Waals surface area contributed by atoms with Gasteiger partial charge in [0, 0.05) is 17.8 Å². The molecule has 2 heterocycles. The lowest BCUT2D eigenvalue weighted by Crippen LogP contribution is -1.91. The zero-order valence-electron chi connectivity index (χ0n) is 9.04. The SMILES string of the molecule is N#Cc1ccc2c(ccn2-c2cccnc2)c1. The Labute approximate surface area is 98.6 Å². The van der Waals surface area contributed by atoms with Gasteiger partial charge in [0.2, 0.25) is 0 Å². The average molecular weight is 219 g/mol. The predicted molar refractivity (Wildman–Crippen MR) is 65.8 cm³/mol. The van der Waals surface area contributed by atoms with Gasteiger partial charge in [-0.1, -0.05) is 0 Å². The molecule has 0 spiro atoms. The van der Waals surface area contributed by atoms with Crippen molar-refractivity contribution in [1.82, 2.24) is 9.55 Å². The first-order valence-corrected chi connectivity index (χ1v) is 5.30. The summed E-state index contributed by atoms with van der Waals surface area (Å²) in [6.45, 7) is 0. The summed E-state index contributed by atoms with van der Waals surface area (Å²) >= 11 is 0. The average Bonchev–Trinajstić information content (AvgIpc) is 2.82. The molecule has 0 aliphatic heterocycles. The minimum atomic E-state index is 0.682. The van der Waals surface area contributed by atoms with Crippen LogP contribution in [0.15, 0.2) is 55.0 Å². The zero-order chi connectivity index (χ0) is 11.7. The van der Waals surface area contributed by atoms with E-state index in [4.69, 9.17) is 5.26 Å². The Morgan fingerprint density at radius 3 is 2.88 bits per heavy atom. The number of aromatic nitrogens is 2. The fourth-order valence-corrected chi connectivity index (χ4v) is 1.93. The van der Waals surface area contributed by atoms with E-state index in [2.05, 4.69) is 15.6 Å². The molecule has 0 saturated heterocycles. The van der Waals surface area contributed by atoms with Crippen molar-refractivity contribution in [1.29, 1.82) is 5.26 Å². The molecule has 0 amide bonds. The summed E-state index contributed by atoms with van der Waals surface area (Å²) in [6, 6.07) is 13.7. The molecule has 80 valence electrons. The second kappa shape index (κ2) is 3.76. The van der Waals surface area contributed by atoms with Gasteiger partial charge in [0.1, 0.15) is 0 Å². The van der Waals surface area contributed by atoms with Crippen LogP contribution in [0.1, 0.15) is 5.56 Å². The first-order valence-electron chi connectivity index (χ1n) is 5.30. The number of fused-ring (bicyclic) bond motifs is 1. The van der Waals surface area contributed by atoms with E-state index in [1.807, 2.05) is 48.8 Å². The monoisotopic (exact) mass is 219 g/mol. The number of pyridine rings is 1. The smallest absolute Gasteiger partial charge is 0.0991 e. The summed E-state index contributed by atoms with van der Waals surface area (Å²) in [5.74, 6) is 0. The summed E-state index contributed by atoms with van der Waals surface area (Å²) in [4.78, 5) is 4.11. The topological polar surface area (TPSA) is 41.6 Å². The molecule has 1 aromatic carbocycles. The first kappa shape index (κ1) is 9.61. The van der Waals surface area contributed by atoms with Crippen LogP contribution >= 0.6 is 0 Å². The molecular weight excluding hydrogens is 210 g/mol. The van der Waals surface area contributed by atoms with Crippen LogP contribution < -0.4 is 0 Å². The van der Waals surface area contributed by atoms with E-state index < -0.39 is 0 Å². The van der Waals surface area contributed by atoms with Gasteiger partial charge < -0.3 is 4.57 Å². The van der Waals surface area contributed by atoms with Crippen molar-refractivity contribution in [2.24, 2.45) is 0 Å². The molecule has 0 bridgehead atoms. The quantitative estimate of drug-likeness (QED) is 0.631. The van der Waals surface area contributed by atoms with Crippen LogP contribution in [0, 0.1) is 11.3 Å². The molecule has 0 fully saturated rings. The Kier molecular flexibility index (Phi) is 2.13. The molecule has 17 heavy (non-hydrogen) atoms. The fraction of sp³-hybridized carbons (Fsp3) is 0. The fourth-order valence-electron chi connectivity index (χ4n) is 1.93. The molecular formula is C14H9N3. The lowest BCUT2D eigenvalue weighted by atomic mass is 10.2. The van der Waals surface area contributed by atoms with Crippen molar-refractivity contribution >= 4 is 10.9 Å². The van der Waals surface area contributed by atoms with Crippen LogP contribution in [0.5, 0.6) is 0 Å². The number of nitriles is 1. The van der Waals surface area contributed by atoms with Gasteiger partial charge in [0.25, 0.3) is 0 Å². The number of hydrogen-bond donors (Lipinski definition) is 0. The third kappa shape index (κ3) is 1.56. The van der Waals surface area contributed by atoms with E-state index in [9.17, 15) is 0 Å². The van der Waals surface area contributed by atoms with Crippen LogP contribution in [0.3, 0.4) is 0 Å². The number of nitrogens with zero attached hydrogens (tertiary/aromatic N) is 3. The molecule has 0 saturated carbocycles.